The molecule has 0 saturated carbocycles. The standard InChI is InChI=1S/C11H22.2CH4.H2/c1-10(2,3)8-7-9-11(4,5)6;;;/h7-8H,9H2,1-6H3;2*1H4;1H/b8-7-;;;/i;;;1+1. The Hall–Kier alpha value is -0.260. The van der Waals surface area contributed by atoms with Gasteiger partial charge in [-0.2, -0.15) is 0 Å². The Morgan fingerprint density at radius 2 is 1.31 bits per heavy atom. The van der Waals surface area contributed by atoms with Gasteiger partial charge in [0.1, 0.15) is 0 Å². The van der Waals surface area contributed by atoms with Gasteiger partial charge in [-0.1, -0.05) is 68.5 Å². The van der Waals surface area contributed by atoms with E-state index in [1.807, 2.05) is 0 Å². The van der Waals surface area contributed by atoms with Crippen molar-refractivity contribution in [3.63, 3.8) is 0 Å². The smallest absolute Gasteiger partial charge is 0 e. The van der Waals surface area contributed by atoms with E-state index in [-0.39, 0.29) is 16.3 Å². The third-order valence-corrected chi connectivity index (χ3v) is 1.35. The lowest BCUT2D eigenvalue weighted by atomic mass is 9.89. The van der Waals surface area contributed by atoms with Crippen molar-refractivity contribution in [1.82, 2.24) is 0 Å². The van der Waals surface area contributed by atoms with Crippen LogP contribution in [0, 0.1) is 10.8 Å². The zero-order valence-corrected chi connectivity index (χ0v) is 8.86. The van der Waals surface area contributed by atoms with Gasteiger partial charge in [-0.25, -0.2) is 0 Å². The minimum absolute atomic E-state index is 0. The van der Waals surface area contributed by atoms with Gasteiger partial charge < -0.3 is 0 Å². The molecule has 0 rings (SSSR count). The number of hydrogen-bond acceptors (Lipinski definition) is 0. The first-order valence-corrected chi connectivity index (χ1v) is 4.38. The molecule has 0 atom stereocenters. The summed E-state index contributed by atoms with van der Waals surface area (Å²) in [6, 6.07) is 0. The summed E-state index contributed by atoms with van der Waals surface area (Å²) in [6.45, 7) is 13.5. The van der Waals surface area contributed by atoms with Crippen LogP contribution < -0.4 is 0 Å². The van der Waals surface area contributed by atoms with Gasteiger partial charge >= 0.3 is 0 Å². The van der Waals surface area contributed by atoms with Gasteiger partial charge in [-0.3, -0.25) is 0 Å². The minimum atomic E-state index is 0. The van der Waals surface area contributed by atoms with Crippen LogP contribution in [0.4, 0.5) is 0 Å². The highest BCUT2D eigenvalue weighted by Gasteiger charge is 2.08. The molecule has 84 valence electrons. The highest BCUT2D eigenvalue weighted by Crippen LogP contribution is 2.21. The topological polar surface area (TPSA) is 0 Å². The Balaban J connectivity index is -0.000000167. The van der Waals surface area contributed by atoms with Gasteiger partial charge in [-0.05, 0) is 17.3 Å². The Bertz CT molecular complexity index is 132. The molecule has 0 amide bonds. The minimum Gasteiger partial charge on any atom is -0.0875 e. The fraction of sp³-hybridized carbons (Fsp3) is 0.846. The number of hydrogen-bond donors (Lipinski definition) is 0. The maximum atomic E-state index is 2.29. The van der Waals surface area contributed by atoms with E-state index in [1.54, 1.807) is 0 Å². The first-order chi connectivity index (χ1) is 4.71. The van der Waals surface area contributed by atoms with E-state index < -0.39 is 0 Å². The van der Waals surface area contributed by atoms with Crippen LogP contribution in [-0.4, -0.2) is 0 Å². The highest BCUT2D eigenvalue weighted by molar-refractivity contribution is 4.93. The van der Waals surface area contributed by atoms with Gasteiger partial charge in [0.05, 0.1) is 0 Å². The third-order valence-electron chi connectivity index (χ3n) is 1.35. The van der Waals surface area contributed by atoms with Gasteiger partial charge in [0.25, 0.3) is 0 Å². The zero-order chi connectivity index (χ0) is 9.12. The van der Waals surface area contributed by atoms with Crippen molar-refractivity contribution in [2.75, 3.05) is 0 Å². The first kappa shape index (κ1) is 18.5. The van der Waals surface area contributed by atoms with E-state index in [1.165, 1.54) is 6.42 Å². The Morgan fingerprint density at radius 3 is 1.54 bits per heavy atom. The lowest BCUT2D eigenvalue weighted by Crippen LogP contribution is -2.04. The number of allylic oxidation sites excluding steroid dienone is 2. The van der Waals surface area contributed by atoms with Crippen molar-refractivity contribution in [2.45, 2.75) is 62.8 Å². The van der Waals surface area contributed by atoms with E-state index in [4.69, 9.17) is 0 Å². The van der Waals surface area contributed by atoms with Crippen LogP contribution in [0.2, 0.25) is 0 Å². The summed E-state index contributed by atoms with van der Waals surface area (Å²) in [5, 5.41) is 0. The van der Waals surface area contributed by atoms with E-state index in [2.05, 4.69) is 53.7 Å². The van der Waals surface area contributed by atoms with Gasteiger partial charge in [0, 0.05) is 1.43 Å². The molecule has 0 aromatic carbocycles. The summed E-state index contributed by atoms with van der Waals surface area (Å²) in [6.07, 6.45) is 5.75. The molecule has 0 aromatic rings. The first-order valence-electron chi connectivity index (χ1n) is 4.38. The molecule has 0 fully saturated rings. The van der Waals surface area contributed by atoms with E-state index in [9.17, 15) is 0 Å². The van der Waals surface area contributed by atoms with Crippen molar-refractivity contribution in [1.29, 1.82) is 0 Å². The quantitative estimate of drug-likeness (QED) is 0.475. The number of rotatable bonds is 1. The average molecular weight is 189 g/mol. The summed E-state index contributed by atoms with van der Waals surface area (Å²) in [7, 11) is 0. The summed E-state index contributed by atoms with van der Waals surface area (Å²) in [4.78, 5) is 0. The van der Waals surface area contributed by atoms with Crippen LogP contribution in [0.3, 0.4) is 0 Å². The molecule has 0 nitrogen and oxygen atoms in total. The lowest BCUT2D eigenvalue weighted by Gasteiger charge is -2.17. The Kier molecular flexibility index (Phi) is 8.87. The SMILES string of the molecule is C.C.CC(C)(C)/C=C\CC(C)(C)C.[2HH]. The summed E-state index contributed by atoms with van der Waals surface area (Å²) in [5.74, 6) is 0. The maximum Gasteiger partial charge on any atom is 0 e. The second kappa shape index (κ2) is 6.23. The fourth-order valence-electron chi connectivity index (χ4n) is 0.766. The van der Waals surface area contributed by atoms with E-state index in [0.29, 0.717) is 10.8 Å². The molecule has 0 unspecified atom stereocenters. The average Bonchev–Trinajstić information content (AvgIpc) is 1.55. The van der Waals surface area contributed by atoms with Crippen molar-refractivity contribution in [2.24, 2.45) is 10.8 Å². The summed E-state index contributed by atoms with van der Waals surface area (Å²) in [5.41, 5.74) is 0.771. The van der Waals surface area contributed by atoms with Crippen molar-refractivity contribution >= 4 is 0 Å². The molecule has 0 radical (unpaired) electrons. The van der Waals surface area contributed by atoms with Crippen LogP contribution in [0.1, 0.15) is 64.2 Å². The zero-order valence-electron chi connectivity index (χ0n) is 8.86. The molecule has 0 bridgehead atoms. The van der Waals surface area contributed by atoms with Gasteiger partial charge in [0.15, 0.2) is 0 Å². The largest absolute Gasteiger partial charge is 0.0875 e. The van der Waals surface area contributed by atoms with Crippen LogP contribution in [0.5, 0.6) is 0 Å². The maximum absolute atomic E-state index is 2.29. The molecular formula is C13H32. The van der Waals surface area contributed by atoms with Gasteiger partial charge in [0.2, 0.25) is 0 Å². The lowest BCUT2D eigenvalue weighted by molar-refractivity contribution is 0.417. The molecule has 0 heterocycles. The van der Waals surface area contributed by atoms with Gasteiger partial charge in [-0.15, -0.1) is 0 Å². The Labute approximate surface area is 87.9 Å². The predicted octanol–water partition coefficient (Wildman–Crippen LogP) is 5.54. The molecule has 0 spiro atoms. The monoisotopic (exact) mass is 189 g/mol. The summed E-state index contributed by atoms with van der Waals surface area (Å²) >= 11 is 0. The molecule has 13 heavy (non-hydrogen) atoms. The molecule has 0 saturated heterocycles. The van der Waals surface area contributed by atoms with Crippen LogP contribution in [0.15, 0.2) is 12.2 Å². The van der Waals surface area contributed by atoms with E-state index in [0.717, 1.165) is 0 Å². The Morgan fingerprint density at radius 1 is 0.923 bits per heavy atom. The molecular weight excluding hydrogens is 156 g/mol. The predicted molar refractivity (Wildman–Crippen MR) is 68.2 cm³/mol. The molecule has 0 aliphatic rings. The normalized spacial score (nSPS) is 12.2. The molecule has 0 aliphatic heterocycles. The third kappa shape index (κ3) is 18.6. The van der Waals surface area contributed by atoms with Crippen molar-refractivity contribution in [3.8, 4) is 0 Å². The molecule has 0 aliphatic carbocycles. The van der Waals surface area contributed by atoms with Crippen LogP contribution >= 0.6 is 0 Å². The summed E-state index contributed by atoms with van der Waals surface area (Å²) < 4.78 is 0. The van der Waals surface area contributed by atoms with Crippen molar-refractivity contribution in [3.05, 3.63) is 12.2 Å². The fourth-order valence-corrected chi connectivity index (χ4v) is 0.766. The second-order valence-corrected chi connectivity index (χ2v) is 5.53. The molecule has 0 N–H and O–H groups in total. The van der Waals surface area contributed by atoms with Crippen molar-refractivity contribution < 1.29 is 1.43 Å². The van der Waals surface area contributed by atoms with Crippen LogP contribution in [-0.2, 0) is 0 Å². The molecule has 0 heteroatoms. The van der Waals surface area contributed by atoms with Crippen LogP contribution in [0.25, 0.3) is 0 Å². The second-order valence-electron chi connectivity index (χ2n) is 5.53. The highest BCUT2D eigenvalue weighted by atomic mass is 14.1. The molecule has 0 aromatic heterocycles. The van der Waals surface area contributed by atoms with E-state index >= 15 is 0 Å².